The molecule has 0 N–H and O–H groups in total. The SMILES string of the molecule is CN1CC(COc2nc3c(c(N4CCN(C(=O)/C=C/CF)[C@@H](CC#N)C4)n2)CCN(c2cccc4cccc(Cl)c24)C3)CC1=O. The Kier molecular flexibility index (Phi) is 9.03. The molecule has 0 bridgehead atoms. The Labute approximate surface area is 266 Å². The van der Waals surface area contributed by atoms with Crippen LogP contribution in [-0.4, -0.2) is 90.7 Å². The molecule has 1 unspecified atom stereocenters. The van der Waals surface area contributed by atoms with E-state index in [-0.39, 0.29) is 36.2 Å². The van der Waals surface area contributed by atoms with Gasteiger partial charge >= 0.3 is 6.01 Å². The van der Waals surface area contributed by atoms with Crippen molar-refractivity contribution < 1.29 is 18.7 Å². The number of hydrogen-bond donors (Lipinski definition) is 0. The van der Waals surface area contributed by atoms with E-state index in [4.69, 9.17) is 26.3 Å². The Balaban J connectivity index is 1.32. The zero-order valence-electron chi connectivity index (χ0n) is 25.2. The first-order chi connectivity index (χ1) is 21.9. The summed E-state index contributed by atoms with van der Waals surface area (Å²) < 4.78 is 18.9. The third-order valence-electron chi connectivity index (χ3n) is 8.81. The number of ether oxygens (including phenoxy) is 1. The molecule has 2 saturated heterocycles. The molecule has 45 heavy (non-hydrogen) atoms. The van der Waals surface area contributed by atoms with Gasteiger partial charge < -0.3 is 24.3 Å². The van der Waals surface area contributed by atoms with Crippen LogP contribution in [0.1, 0.15) is 24.1 Å². The standard InChI is InChI=1S/C33H35ClFN7O3/c1-39-18-22(17-30(39)44)21-45-33-37-27-20-40(28-8-3-6-23-5-2-7-26(34)31(23)28)14-11-25(27)32(38-33)41-15-16-42(24(19-41)10-13-36)29(43)9-4-12-35/h2-9,22,24H,10-12,14-21H2,1H3/b9-4+/t22?,24-/m0/s1. The van der Waals surface area contributed by atoms with E-state index in [1.165, 1.54) is 12.2 Å². The molecule has 2 atom stereocenters. The van der Waals surface area contributed by atoms with Crippen molar-refractivity contribution in [1.82, 2.24) is 19.8 Å². The highest BCUT2D eigenvalue weighted by molar-refractivity contribution is 6.36. The highest BCUT2D eigenvalue weighted by Gasteiger charge is 2.34. The number of likely N-dealkylation sites (tertiary alicyclic amines) is 1. The minimum atomic E-state index is -0.724. The molecule has 3 aliphatic rings. The van der Waals surface area contributed by atoms with Gasteiger partial charge in [-0.25, -0.2) is 4.39 Å². The van der Waals surface area contributed by atoms with E-state index < -0.39 is 6.67 Å². The van der Waals surface area contributed by atoms with Crippen LogP contribution in [-0.2, 0) is 22.6 Å². The van der Waals surface area contributed by atoms with Gasteiger partial charge in [-0.1, -0.05) is 35.9 Å². The number of carbonyl (C=O) groups is 2. The molecule has 0 saturated carbocycles. The maximum Gasteiger partial charge on any atom is 0.318 e. The maximum atomic E-state index is 12.8. The number of piperazine rings is 1. The van der Waals surface area contributed by atoms with Crippen molar-refractivity contribution in [2.45, 2.75) is 31.8 Å². The minimum Gasteiger partial charge on any atom is -0.463 e. The zero-order chi connectivity index (χ0) is 31.5. The van der Waals surface area contributed by atoms with Crippen LogP contribution < -0.4 is 14.5 Å². The van der Waals surface area contributed by atoms with Crippen LogP contribution in [0.3, 0.4) is 0 Å². The summed E-state index contributed by atoms with van der Waals surface area (Å²) in [5, 5.41) is 12.3. The number of rotatable bonds is 8. The summed E-state index contributed by atoms with van der Waals surface area (Å²) in [5.74, 6) is 0.575. The molecule has 1 aromatic heterocycles. The van der Waals surface area contributed by atoms with Gasteiger partial charge in [-0.15, -0.1) is 0 Å². The Bertz CT molecular complexity index is 1670. The van der Waals surface area contributed by atoms with Gasteiger partial charge in [0.1, 0.15) is 12.5 Å². The number of hydrogen-bond acceptors (Lipinski definition) is 8. The van der Waals surface area contributed by atoms with Gasteiger partial charge in [0.05, 0.1) is 42.4 Å². The number of amides is 2. The number of allylic oxidation sites excluding steroid dienone is 1. The van der Waals surface area contributed by atoms with Crippen LogP contribution in [0.15, 0.2) is 48.6 Å². The van der Waals surface area contributed by atoms with E-state index in [0.717, 1.165) is 40.1 Å². The number of fused-ring (bicyclic) bond motifs is 2. The van der Waals surface area contributed by atoms with Crippen LogP contribution in [0.5, 0.6) is 6.01 Å². The summed E-state index contributed by atoms with van der Waals surface area (Å²) in [6.45, 7) is 2.71. The molecule has 6 rings (SSSR count). The van der Waals surface area contributed by atoms with Crippen molar-refractivity contribution in [2.24, 2.45) is 5.92 Å². The lowest BCUT2D eigenvalue weighted by atomic mass is 10.0. The molecular formula is C33H35ClFN7O3. The Morgan fingerprint density at radius 1 is 1.16 bits per heavy atom. The van der Waals surface area contributed by atoms with Crippen LogP contribution in [0.4, 0.5) is 15.9 Å². The van der Waals surface area contributed by atoms with E-state index in [1.54, 1.807) is 16.8 Å². The first-order valence-corrected chi connectivity index (χ1v) is 15.6. The molecule has 0 aliphatic carbocycles. The van der Waals surface area contributed by atoms with E-state index >= 15 is 0 Å². The molecule has 4 heterocycles. The summed E-state index contributed by atoms with van der Waals surface area (Å²) in [7, 11) is 1.79. The lowest BCUT2D eigenvalue weighted by Gasteiger charge is -2.42. The lowest BCUT2D eigenvalue weighted by molar-refractivity contribution is -0.128. The highest BCUT2D eigenvalue weighted by atomic mass is 35.5. The molecular weight excluding hydrogens is 597 g/mol. The predicted molar refractivity (Wildman–Crippen MR) is 170 cm³/mol. The van der Waals surface area contributed by atoms with Crippen LogP contribution >= 0.6 is 11.6 Å². The molecule has 2 aromatic carbocycles. The summed E-state index contributed by atoms with van der Waals surface area (Å²) in [5.41, 5.74) is 2.88. The molecule has 3 aromatic rings. The first kappa shape index (κ1) is 30.6. The average Bonchev–Trinajstić information content (AvgIpc) is 3.38. The topological polar surface area (TPSA) is 106 Å². The normalized spacial score (nSPS) is 20.2. The third-order valence-corrected chi connectivity index (χ3v) is 9.12. The van der Waals surface area contributed by atoms with Crippen molar-refractivity contribution in [2.75, 3.05) is 62.9 Å². The second-order valence-corrected chi connectivity index (χ2v) is 12.2. The molecule has 12 heteroatoms. The number of carbonyl (C=O) groups excluding carboxylic acids is 2. The fourth-order valence-electron chi connectivity index (χ4n) is 6.58. The number of halogens is 2. The number of anilines is 2. The molecule has 2 fully saturated rings. The van der Waals surface area contributed by atoms with Crippen molar-refractivity contribution in [1.29, 1.82) is 5.26 Å². The van der Waals surface area contributed by atoms with Crippen molar-refractivity contribution in [3.8, 4) is 12.1 Å². The molecule has 0 radical (unpaired) electrons. The smallest absolute Gasteiger partial charge is 0.318 e. The molecule has 3 aliphatic heterocycles. The lowest BCUT2D eigenvalue weighted by Crippen LogP contribution is -2.55. The summed E-state index contributed by atoms with van der Waals surface area (Å²) in [6, 6.07) is 14.1. The Morgan fingerprint density at radius 3 is 2.73 bits per heavy atom. The second-order valence-electron chi connectivity index (χ2n) is 11.7. The fraction of sp³-hybridized carbons (Fsp3) is 0.424. The van der Waals surface area contributed by atoms with Crippen LogP contribution in [0.2, 0.25) is 5.02 Å². The van der Waals surface area contributed by atoms with Gasteiger partial charge in [0.2, 0.25) is 11.8 Å². The van der Waals surface area contributed by atoms with Crippen molar-refractivity contribution >= 4 is 45.7 Å². The largest absolute Gasteiger partial charge is 0.463 e. The average molecular weight is 632 g/mol. The van der Waals surface area contributed by atoms with Gasteiger partial charge in [0, 0.05) is 74.8 Å². The van der Waals surface area contributed by atoms with E-state index in [1.807, 2.05) is 18.2 Å². The predicted octanol–water partition coefficient (Wildman–Crippen LogP) is 4.16. The van der Waals surface area contributed by atoms with Crippen LogP contribution in [0.25, 0.3) is 10.8 Å². The Morgan fingerprint density at radius 2 is 1.98 bits per heavy atom. The third kappa shape index (κ3) is 6.38. The number of nitriles is 1. The van der Waals surface area contributed by atoms with Crippen molar-refractivity contribution in [3.05, 3.63) is 64.8 Å². The monoisotopic (exact) mass is 631 g/mol. The van der Waals surface area contributed by atoms with Gasteiger partial charge in [0.15, 0.2) is 0 Å². The Hall–Kier alpha value is -4.43. The van der Waals surface area contributed by atoms with E-state index in [2.05, 4.69) is 34.1 Å². The van der Waals surface area contributed by atoms with E-state index in [9.17, 15) is 19.2 Å². The van der Waals surface area contributed by atoms with Crippen LogP contribution in [0, 0.1) is 17.2 Å². The minimum absolute atomic E-state index is 0.0480. The van der Waals surface area contributed by atoms with Gasteiger partial charge in [0.25, 0.3) is 0 Å². The van der Waals surface area contributed by atoms with Gasteiger partial charge in [-0.3, -0.25) is 9.59 Å². The molecule has 10 nitrogen and oxygen atoms in total. The number of nitrogens with zero attached hydrogens (tertiary/aromatic N) is 7. The zero-order valence-corrected chi connectivity index (χ0v) is 25.9. The van der Waals surface area contributed by atoms with Gasteiger partial charge in [-0.2, -0.15) is 15.2 Å². The molecule has 0 spiro atoms. The second kappa shape index (κ2) is 13.3. The number of alkyl halides is 1. The van der Waals surface area contributed by atoms with Gasteiger partial charge in [-0.05, 0) is 30.0 Å². The number of aromatic nitrogens is 2. The maximum absolute atomic E-state index is 12.8. The first-order valence-electron chi connectivity index (χ1n) is 15.2. The van der Waals surface area contributed by atoms with E-state index in [0.29, 0.717) is 57.2 Å². The summed E-state index contributed by atoms with van der Waals surface area (Å²) in [4.78, 5) is 42.4. The molecule has 2 amide bonds. The van der Waals surface area contributed by atoms with Crippen molar-refractivity contribution in [3.63, 3.8) is 0 Å². The fourth-order valence-corrected chi connectivity index (χ4v) is 6.86. The quantitative estimate of drug-likeness (QED) is 0.341. The number of benzene rings is 2. The summed E-state index contributed by atoms with van der Waals surface area (Å²) >= 11 is 6.68. The summed E-state index contributed by atoms with van der Waals surface area (Å²) in [6.07, 6.45) is 3.66. The molecule has 234 valence electrons. The highest BCUT2D eigenvalue weighted by Crippen LogP contribution is 2.37.